The van der Waals surface area contributed by atoms with Crippen molar-refractivity contribution >= 4 is 0 Å². The van der Waals surface area contributed by atoms with Crippen LogP contribution >= 0.6 is 0 Å². The number of ether oxygens (including phenoxy) is 1. The molecule has 1 rings (SSSR count). The highest BCUT2D eigenvalue weighted by molar-refractivity contribution is 5.08. The van der Waals surface area contributed by atoms with E-state index in [0.717, 1.165) is 17.9 Å². The van der Waals surface area contributed by atoms with Gasteiger partial charge in [0.2, 0.25) is 0 Å². The van der Waals surface area contributed by atoms with Gasteiger partial charge >= 0.3 is 0 Å². The first-order valence-corrected chi connectivity index (χ1v) is 4.05. The van der Waals surface area contributed by atoms with Crippen LogP contribution in [0.2, 0.25) is 0 Å². The van der Waals surface area contributed by atoms with Gasteiger partial charge in [-0.3, -0.25) is 0 Å². The Morgan fingerprint density at radius 2 is 2.33 bits per heavy atom. The molecule has 1 aromatic heterocycles. The zero-order valence-corrected chi connectivity index (χ0v) is 7.54. The molecule has 0 aliphatic carbocycles. The molecule has 0 saturated heterocycles. The number of rotatable bonds is 4. The van der Waals surface area contributed by atoms with Crippen LogP contribution in [0.1, 0.15) is 24.0 Å². The fourth-order valence-electron chi connectivity index (χ4n) is 1.04. The monoisotopic (exact) mass is 169 g/mol. The van der Waals surface area contributed by atoms with Gasteiger partial charge in [-0.25, -0.2) is 0 Å². The van der Waals surface area contributed by atoms with Gasteiger partial charge in [0.25, 0.3) is 0 Å². The van der Waals surface area contributed by atoms with Crippen molar-refractivity contribution in [3.63, 3.8) is 0 Å². The van der Waals surface area contributed by atoms with E-state index in [1.54, 1.807) is 7.11 Å². The first-order chi connectivity index (χ1) is 5.74. The minimum Gasteiger partial charge on any atom is -0.465 e. The van der Waals surface area contributed by atoms with E-state index in [0.29, 0.717) is 6.61 Å². The molecular weight excluding hydrogens is 154 g/mol. The summed E-state index contributed by atoms with van der Waals surface area (Å²) in [5, 5.41) is 0. The van der Waals surface area contributed by atoms with Crippen molar-refractivity contribution in [3.05, 3.63) is 23.7 Å². The predicted octanol–water partition coefficient (Wildman–Crippen LogP) is 1.62. The van der Waals surface area contributed by atoms with Gasteiger partial charge in [0, 0.05) is 13.7 Å². The zero-order valence-electron chi connectivity index (χ0n) is 7.54. The fraction of sp³-hybridized carbons (Fsp3) is 0.556. The molecule has 0 saturated carbocycles. The molecule has 2 N–H and O–H groups in total. The SMILES string of the molecule is COCC[C@@H](N)c1ccc(C)o1. The maximum Gasteiger partial charge on any atom is 0.120 e. The molecular formula is C9H15NO2. The number of hydrogen-bond donors (Lipinski definition) is 1. The quantitative estimate of drug-likeness (QED) is 0.745. The molecule has 3 nitrogen and oxygen atoms in total. The van der Waals surface area contributed by atoms with Crippen molar-refractivity contribution in [2.75, 3.05) is 13.7 Å². The summed E-state index contributed by atoms with van der Waals surface area (Å²) in [7, 11) is 1.67. The Morgan fingerprint density at radius 3 is 2.83 bits per heavy atom. The van der Waals surface area contributed by atoms with E-state index in [4.69, 9.17) is 14.9 Å². The third kappa shape index (κ3) is 2.36. The lowest BCUT2D eigenvalue weighted by molar-refractivity contribution is 0.185. The molecule has 0 amide bonds. The second kappa shape index (κ2) is 4.28. The Kier molecular flexibility index (Phi) is 3.31. The van der Waals surface area contributed by atoms with Crippen LogP contribution in [-0.4, -0.2) is 13.7 Å². The summed E-state index contributed by atoms with van der Waals surface area (Å²) in [4.78, 5) is 0. The van der Waals surface area contributed by atoms with Gasteiger partial charge in [-0.2, -0.15) is 0 Å². The van der Waals surface area contributed by atoms with Gasteiger partial charge in [-0.05, 0) is 25.5 Å². The smallest absolute Gasteiger partial charge is 0.120 e. The van der Waals surface area contributed by atoms with E-state index >= 15 is 0 Å². The number of hydrogen-bond acceptors (Lipinski definition) is 3. The number of methoxy groups -OCH3 is 1. The minimum absolute atomic E-state index is 0.0429. The van der Waals surface area contributed by atoms with Gasteiger partial charge in [-0.15, -0.1) is 0 Å². The number of aryl methyl sites for hydroxylation is 1. The molecule has 0 fully saturated rings. The van der Waals surface area contributed by atoms with Crippen LogP contribution in [0.15, 0.2) is 16.5 Å². The number of nitrogens with two attached hydrogens (primary N) is 1. The third-order valence-corrected chi connectivity index (χ3v) is 1.76. The Morgan fingerprint density at radius 1 is 1.58 bits per heavy atom. The van der Waals surface area contributed by atoms with Crippen LogP contribution in [0.4, 0.5) is 0 Å². The van der Waals surface area contributed by atoms with Crippen molar-refractivity contribution in [2.24, 2.45) is 5.73 Å². The standard InChI is InChI=1S/C9H15NO2/c1-7-3-4-9(12-7)8(10)5-6-11-2/h3-4,8H,5-6,10H2,1-2H3/t8-/m1/s1. The Labute approximate surface area is 72.5 Å². The molecule has 0 aliphatic heterocycles. The molecule has 0 aliphatic rings. The van der Waals surface area contributed by atoms with E-state index in [1.165, 1.54) is 0 Å². The number of furan rings is 1. The molecule has 0 aromatic carbocycles. The van der Waals surface area contributed by atoms with Crippen molar-refractivity contribution in [3.8, 4) is 0 Å². The highest BCUT2D eigenvalue weighted by Crippen LogP contribution is 2.16. The second-order valence-electron chi connectivity index (χ2n) is 2.84. The molecule has 0 bridgehead atoms. The summed E-state index contributed by atoms with van der Waals surface area (Å²) in [6.45, 7) is 2.58. The lowest BCUT2D eigenvalue weighted by atomic mass is 10.2. The minimum atomic E-state index is -0.0429. The van der Waals surface area contributed by atoms with Crippen molar-refractivity contribution in [1.82, 2.24) is 0 Å². The summed E-state index contributed by atoms with van der Waals surface area (Å²) in [5.74, 6) is 1.74. The van der Waals surface area contributed by atoms with Crippen molar-refractivity contribution < 1.29 is 9.15 Å². The topological polar surface area (TPSA) is 48.4 Å². The maximum atomic E-state index is 5.82. The average Bonchev–Trinajstić information content (AvgIpc) is 2.47. The highest BCUT2D eigenvalue weighted by Gasteiger charge is 2.08. The second-order valence-corrected chi connectivity index (χ2v) is 2.84. The lowest BCUT2D eigenvalue weighted by Crippen LogP contribution is -2.11. The summed E-state index contributed by atoms with van der Waals surface area (Å²) in [6.07, 6.45) is 0.795. The normalized spacial score (nSPS) is 13.2. The fourth-order valence-corrected chi connectivity index (χ4v) is 1.04. The molecule has 12 heavy (non-hydrogen) atoms. The molecule has 0 unspecified atom stereocenters. The summed E-state index contributed by atoms with van der Waals surface area (Å²) in [6, 6.07) is 3.79. The Balaban J connectivity index is 2.47. The predicted molar refractivity (Wildman–Crippen MR) is 46.9 cm³/mol. The molecule has 1 heterocycles. The zero-order chi connectivity index (χ0) is 8.97. The van der Waals surface area contributed by atoms with Gasteiger partial charge < -0.3 is 14.9 Å². The first kappa shape index (κ1) is 9.29. The molecule has 68 valence electrons. The van der Waals surface area contributed by atoms with Gasteiger partial charge in [0.05, 0.1) is 6.04 Å². The largest absolute Gasteiger partial charge is 0.465 e. The molecule has 1 atom stereocenters. The molecule has 3 heteroatoms. The van der Waals surface area contributed by atoms with Crippen molar-refractivity contribution in [2.45, 2.75) is 19.4 Å². The maximum absolute atomic E-state index is 5.82. The van der Waals surface area contributed by atoms with Crippen LogP contribution in [0.25, 0.3) is 0 Å². The summed E-state index contributed by atoms with van der Waals surface area (Å²) in [5.41, 5.74) is 5.82. The Bertz CT molecular complexity index is 232. The molecule has 1 aromatic rings. The first-order valence-electron chi connectivity index (χ1n) is 4.05. The Hall–Kier alpha value is -0.800. The van der Waals surface area contributed by atoms with Gasteiger partial charge in [0.15, 0.2) is 0 Å². The van der Waals surface area contributed by atoms with Crippen molar-refractivity contribution in [1.29, 1.82) is 0 Å². The van der Waals surface area contributed by atoms with Crippen LogP contribution in [0.5, 0.6) is 0 Å². The van der Waals surface area contributed by atoms with Gasteiger partial charge in [-0.1, -0.05) is 0 Å². The highest BCUT2D eigenvalue weighted by atomic mass is 16.5. The molecule has 0 radical (unpaired) electrons. The van der Waals surface area contributed by atoms with E-state index in [1.807, 2.05) is 19.1 Å². The van der Waals surface area contributed by atoms with E-state index in [9.17, 15) is 0 Å². The van der Waals surface area contributed by atoms with E-state index < -0.39 is 0 Å². The van der Waals surface area contributed by atoms with E-state index in [-0.39, 0.29) is 6.04 Å². The van der Waals surface area contributed by atoms with Crippen LogP contribution in [0, 0.1) is 6.92 Å². The summed E-state index contributed by atoms with van der Waals surface area (Å²) >= 11 is 0. The third-order valence-electron chi connectivity index (χ3n) is 1.76. The van der Waals surface area contributed by atoms with E-state index in [2.05, 4.69) is 0 Å². The lowest BCUT2D eigenvalue weighted by Gasteiger charge is -2.06. The van der Waals surface area contributed by atoms with Crippen LogP contribution in [0.3, 0.4) is 0 Å². The van der Waals surface area contributed by atoms with Crippen LogP contribution < -0.4 is 5.73 Å². The van der Waals surface area contributed by atoms with Gasteiger partial charge in [0.1, 0.15) is 11.5 Å². The van der Waals surface area contributed by atoms with Crippen LogP contribution in [-0.2, 0) is 4.74 Å². The average molecular weight is 169 g/mol. The molecule has 0 spiro atoms. The summed E-state index contributed by atoms with van der Waals surface area (Å²) < 4.78 is 10.3.